The molecule has 0 bridgehead atoms. The Morgan fingerprint density at radius 2 is 0.792 bits per heavy atom. The highest BCUT2D eigenvalue weighted by atomic mass is 16.2. The van der Waals surface area contributed by atoms with E-state index in [2.05, 4.69) is 13.8 Å². The molecule has 0 N–H and O–H groups in total. The lowest BCUT2D eigenvalue weighted by Crippen LogP contribution is -2.47. The summed E-state index contributed by atoms with van der Waals surface area (Å²) in [6.07, 6.45) is 15.7. The summed E-state index contributed by atoms with van der Waals surface area (Å²) in [7, 11) is 0. The highest BCUT2D eigenvalue weighted by molar-refractivity contribution is 6.43. The second-order valence-corrected chi connectivity index (χ2v) is 15.2. The fourth-order valence-electron chi connectivity index (χ4n) is 9.15. The molecule has 0 aromatic heterocycles. The van der Waals surface area contributed by atoms with Crippen LogP contribution in [0.5, 0.6) is 0 Å². The lowest BCUT2D eigenvalue weighted by molar-refractivity contribution is 0.0516. The number of benzene rings is 6. The normalized spacial score (nSPS) is 14.4. The number of hydrogen-bond acceptors (Lipinski definition) is 4. The highest BCUT2D eigenvalue weighted by Gasteiger charge is 2.39. The van der Waals surface area contributed by atoms with Gasteiger partial charge in [0.05, 0.1) is 5.69 Å². The van der Waals surface area contributed by atoms with Gasteiger partial charge in [-0.2, -0.15) is 0 Å². The van der Waals surface area contributed by atoms with Crippen LogP contribution in [0.4, 0.5) is 5.69 Å². The maximum Gasteiger partial charge on any atom is 0.265 e. The number of nitrogens with zero attached hydrogens (tertiary/aromatic N) is 2. The smallest absolute Gasteiger partial charge is 0.265 e. The summed E-state index contributed by atoms with van der Waals surface area (Å²) >= 11 is 0. The number of amides is 4. The topological polar surface area (TPSA) is 74.8 Å². The molecule has 6 aromatic carbocycles. The van der Waals surface area contributed by atoms with E-state index in [1.54, 1.807) is 17.0 Å². The first kappa shape index (κ1) is 35.0. The minimum atomic E-state index is -0.346. The first-order chi connectivity index (χ1) is 26.0. The fraction of sp³-hybridized carbons (Fsp3) is 0.362. The van der Waals surface area contributed by atoms with Crippen molar-refractivity contribution in [3.8, 4) is 0 Å². The molecular weight excluding hydrogens is 657 g/mol. The molecule has 0 atom stereocenters. The summed E-state index contributed by atoms with van der Waals surface area (Å²) in [5.41, 5.74) is 2.67. The molecule has 4 amide bonds. The molecule has 0 spiro atoms. The maximum atomic E-state index is 14.5. The molecular formula is C47H48N2O4. The third-order valence-corrected chi connectivity index (χ3v) is 11.8. The Labute approximate surface area is 311 Å². The molecule has 0 fully saturated rings. The van der Waals surface area contributed by atoms with E-state index in [-0.39, 0.29) is 29.7 Å². The van der Waals surface area contributed by atoms with Crippen molar-refractivity contribution in [3.63, 3.8) is 0 Å². The minimum Gasteiger partial charge on any atom is -0.271 e. The number of para-hydroxylation sites is 1. The highest BCUT2D eigenvalue weighted by Crippen LogP contribution is 2.47. The Morgan fingerprint density at radius 1 is 0.415 bits per heavy atom. The van der Waals surface area contributed by atoms with Crippen molar-refractivity contribution in [2.24, 2.45) is 0 Å². The van der Waals surface area contributed by atoms with E-state index in [0.717, 1.165) is 70.8 Å². The summed E-state index contributed by atoms with van der Waals surface area (Å²) in [6, 6.07) is 24.3. The average Bonchev–Trinajstić information content (AvgIpc) is 3.18. The summed E-state index contributed by atoms with van der Waals surface area (Å²) in [5, 5.41) is 6.74. The zero-order chi connectivity index (χ0) is 36.6. The number of hydrogen-bond donors (Lipinski definition) is 0. The van der Waals surface area contributed by atoms with Crippen LogP contribution in [-0.4, -0.2) is 34.6 Å². The van der Waals surface area contributed by atoms with Gasteiger partial charge in [0.2, 0.25) is 0 Å². The summed E-state index contributed by atoms with van der Waals surface area (Å²) in [5.74, 6) is -1.08. The SMILES string of the molecule is CCCCCCCCC(CCCCCCCC)N1C(=O)c2ccc3c4ccc5c6c(ccc(c7ccc(c2c37)C1=O)c64)C(=O)N(c1ccccc1)C5=O. The monoisotopic (exact) mass is 704 g/mol. The van der Waals surface area contributed by atoms with Crippen LogP contribution in [-0.2, 0) is 0 Å². The first-order valence-electron chi connectivity index (χ1n) is 20.0. The lowest BCUT2D eigenvalue weighted by atomic mass is 9.82. The van der Waals surface area contributed by atoms with Crippen LogP contribution in [0.2, 0.25) is 0 Å². The molecule has 0 saturated carbocycles. The van der Waals surface area contributed by atoms with E-state index in [1.807, 2.05) is 66.7 Å². The number of imide groups is 2. The zero-order valence-corrected chi connectivity index (χ0v) is 31.0. The van der Waals surface area contributed by atoms with Crippen molar-refractivity contribution in [3.05, 3.63) is 101 Å². The summed E-state index contributed by atoms with van der Waals surface area (Å²) in [6.45, 7) is 4.46. The van der Waals surface area contributed by atoms with Gasteiger partial charge in [-0.1, -0.05) is 133 Å². The van der Waals surface area contributed by atoms with E-state index < -0.39 is 0 Å². The van der Waals surface area contributed by atoms with E-state index >= 15 is 0 Å². The van der Waals surface area contributed by atoms with Gasteiger partial charge in [-0.3, -0.25) is 24.1 Å². The molecule has 0 aliphatic carbocycles. The van der Waals surface area contributed by atoms with E-state index in [0.29, 0.717) is 38.7 Å². The number of anilines is 1. The molecule has 270 valence electrons. The second-order valence-electron chi connectivity index (χ2n) is 15.2. The van der Waals surface area contributed by atoms with Crippen LogP contribution in [0.3, 0.4) is 0 Å². The van der Waals surface area contributed by atoms with Gasteiger partial charge in [-0.05, 0) is 81.6 Å². The predicted octanol–water partition coefficient (Wildman–Crippen LogP) is 12.0. The van der Waals surface area contributed by atoms with Gasteiger partial charge in [-0.25, -0.2) is 4.90 Å². The van der Waals surface area contributed by atoms with E-state index in [4.69, 9.17) is 0 Å². The molecule has 6 heteroatoms. The minimum absolute atomic E-state index is 0.120. The molecule has 8 rings (SSSR count). The molecule has 2 aliphatic heterocycles. The van der Waals surface area contributed by atoms with Crippen LogP contribution < -0.4 is 4.90 Å². The number of unbranched alkanes of at least 4 members (excludes halogenated alkanes) is 10. The maximum absolute atomic E-state index is 14.5. The average molecular weight is 705 g/mol. The molecule has 0 saturated heterocycles. The lowest BCUT2D eigenvalue weighted by Gasteiger charge is -2.35. The first-order valence-corrected chi connectivity index (χ1v) is 20.0. The van der Waals surface area contributed by atoms with Gasteiger partial charge in [0, 0.05) is 39.1 Å². The molecule has 2 aliphatic rings. The van der Waals surface area contributed by atoms with Crippen molar-refractivity contribution in [2.75, 3.05) is 4.90 Å². The number of fused-ring (bicyclic) bond motifs is 2. The fourth-order valence-corrected chi connectivity index (χ4v) is 9.15. The van der Waals surface area contributed by atoms with Crippen molar-refractivity contribution < 1.29 is 19.2 Å². The van der Waals surface area contributed by atoms with Gasteiger partial charge in [-0.15, -0.1) is 0 Å². The van der Waals surface area contributed by atoms with Crippen LogP contribution >= 0.6 is 0 Å². The van der Waals surface area contributed by atoms with Crippen LogP contribution in [0.1, 0.15) is 145 Å². The molecule has 0 unspecified atom stereocenters. The quantitative estimate of drug-likeness (QED) is 0.0435. The third-order valence-electron chi connectivity index (χ3n) is 11.8. The van der Waals surface area contributed by atoms with Gasteiger partial charge < -0.3 is 0 Å². The molecule has 2 heterocycles. The van der Waals surface area contributed by atoms with E-state index in [1.165, 1.54) is 56.3 Å². The number of carbonyl (C=O) groups is 4. The van der Waals surface area contributed by atoms with Crippen molar-refractivity contribution in [1.82, 2.24) is 4.90 Å². The third kappa shape index (κ3) is 5.87. The molecule has 53 heavy (non-hydrogen) atoms. The van der Waals surface area contributed by atoms with Crippen molar-refractivity contribution >= 4 is 72.4 Å². The Bertz CT molecular complexity index is 2240. The molecule has 0 radical (unpaired) electrons. The van der Waals surface area contributed by atoms with Crippen molar-refractivity contribution in [2.45, 2.75) is 110 Å². The Hall–Kier alpha value is -5.10. The van der Waals surface area contributed by atoms with Gasteiger partial charge in [0.25, 0.3) is 23.6 Å². The van der Waals surface area contributed by atoms with Crippen LogP contribution in [0.15, 0.2) is 78.9 Å². The van der Waals surface area contributed by atoms with E-state index in [9.17, 15) is 19.2 Å². The Kier molecular flexibility index (Phi) is 9.72. The Morgan fingerprint density at radius 3 is 1.21 bits per heavy atom. The van der Waals surface area contributed by atoms with Crippen LogP contribution in [0, 0.1) is 0 Å². The molecule has 6 nitrogen and oxygen atoms in total. The Balaban J connectivity index is 1.19. The van der Waals surface area contributed by atoms with Crippen molar-refractivity contribution in [1.29, 1.82) is 0 Å². The summed E-state index contributed by atoms with van der Waals surface area (Å²) in [4.78, 5) is 59.9. The standard InChI is InChI=1S/C47H48N2O4/c1-3-5-7-9-11-14-18-30(19-15-12-10-8-6-4-2)48-44(50)36-26-22-32-34-24-28-38-43-39(47(53)49(46(38)52)31-20-16-13-17-21-31)29-25-35(41(34)43)33-23-27-37(45(48)51)42(36)40(32)33/h13,16-17,20-30H,3-12,14-15,18-19H2,1-2H3. The molecule has 6 aromatic rings. The predicted molar refractivity (Wildman–Crippen MR) is 216 cm³/mol. The second kappa shape index (κ2) is 14.7. The van der Waals surface area contributed by atoms with Gasteiger partial charge in [0.1, 0.15) is 0 Å². The van der Waals surface area contributed by atoms with Gasteiger partial charge >= 0.3 is 0 Å². The van der Waals surface area contributed by atoms with Gasteiger partial charge in [0.15, 0.2) is 0 Å². The zero-order valence-electron chi connectivity index (χ0n) is 31.0. The van der Waals surface area contributed by atoms with Crippen LogP contribution in [0.25, 0.3) is 43.1 Å². The largest absolute Gasteiger partial charge is 0.271 e. The number of carbonyl (C=O) groups excluding carboxylic acids is 4. The summed E-state index contributed by atoms with van der Waals surface area (Å²) < 4.78 is 0. The number of rotatable bonds is 16.